The van der Waals surface area contributed by atoms with E-state index >= 15 is 0 Å². The van der Waals surface area contributed by atoms with E-state index in [1.807, 2.05) is 13.0 Å². The molecule has 5 nitrogen and oxygen atoms in total. The second kappa shape index (κ2) is 9.30. The summed E-state index contributed by atoms with van der Waals surface area (Å²) in [6.07, 6.45) is 4.76. The molecule has 0 atom stereocenters. The van der Waals surface area contributed by atoms with Gasteiger partial charge in [0.2, 0.25) is 0 Å². The molecule has 5 rings (SSSR count). The molecule has 182 valence electrons. The first-order valence-electron chi connectivity index (χ1n) is 12.4. The fourth-order valence-corrected chi connectivity index (χ4v) is 5.92. The SMILES string of the molecule is Cc1cc2oc(=O)cc(CSc3nnc(-c4ccc(C(C)(C)C)cc4)n3C3CCCC3)c2cc1C. The van der Waals surface area contributed by atoms with Crippen LogP contribution in [0, 0.1) is 13.8 Å². The number of aromatic nitrogens is 3. The van der Waals surface area contributed by atoms with Crippen LogP contribution in [0.5, 0.6) is 0 Å². The Balaban J connectivity index is 1.50. The number of aryl methyl sites for hydroxylation is 2. The molecule has 1 fully saturated rings. The molecule has 0 saturated heterocycles. The number of thioether (sulfide) groups is 1. The monoisotopic (exact) mass is 487 g/mol. The van der Waals surface area contributed by atoms with Crippen LogP contribution in [0.25, 0.3) is 22.4 Å². The zero-order chi connectivity index (χ0) is 24.7. The molecule has 1 aliphatic rings. The fourth-order valence-electron chi connectivity index (χ4n) is 4.93. The predicted molar refractivity (Wildman–Crippen MR) is 143 cm³/mol. The van der Waals surface area contributed by atoms with Crippen molar-refractivity contribution in [2.24, 2.45) is 0 Å². The molecule has 6 heteroatoms. The quantitative estimate of drug-likeness (QED) is 0.217. The standard InChI is InChI=1S/C29H33N3O2S/c1-18-14-24-21(16-26(33)34-25(24)15-19(18)2)17-35-28-31-30-27(32(28)23-8-6-7-9-23)20-10-12-22(13-11-20)29(3,4)5/h10-16,23H,6-9,17H2,1-5H3. The summed E-state index contributed by atoms with van der Waals surface area (Å²) in [6.45, 7) is 10.8. The van der Waals surface area contributed by atoms with Crippen LogP contribution in [-0.2, 0) is 11.2 Å². The molecule has 0 radical (unpaired) electrons. The van der Waals surface area contributed by atoms with E-state index in [1.54, 1.807) is 17.8 Å². The zero-order valence-corrected chi connectivity index (χ0v) is 22.0. The van der Waals surface area contributed by atoms with Gasteiger partial charge in [0.05, 0.1) is 0 Å². The number of hydrogen-bond acceptors (Lipinski definition) is 5. The van der Waals surface area contributed by atoms with Crippen LogP contribution in [0.2, 0.25) is 0 Å². The van der Waals surface area contributed by atoms with Gasteiger partial charge in [-0.2, -0.15) is 0 Å². The van der Waals surface area contributed by atoms with E-state index in [1.165, 1.54) is 24.0 Å². The second-order valence-electron chi connectivity index (χ2n) is 10.8. The molecular weight excluding hydrogens is 454 g/mol. The summed E-state index contributed by atoms with van der Waals surface area (Å²) in [5.74, 6) is 1.57. The van der Waals surface area contributed by atoms with Crippen LogP contribution in [0.1, 0.15) is 74.8 Å². The highest BCUT2D eigenvalue weighted by Gasteiger charge is 2.25. The maximum atomic E-state index is 12.3. The molecule has 0 spiro atoms. The molecule has 0 N–H and O–H groups in total. The van der Waals surface area contributed by atoms with Crippen molar-refractivity contribution in [3.05, 3.63) is 75.1 Å². The predicted octanol–water partition coefficient (Wildman–Crippen LogP) is 7.37. The van der Waals surface area contributed by atoms with Crippen molar-refractivity contribution < 1.29 is 4.42 Å². The first kappa shape index (κ1) is 23.9. The van der Waals surface area contributed by atoms with Gasteiger partial charge in [0, 0.05) is 28.8 Å². The normalized spacial score (nSPS) is 14.8. The molecule has 2 aromatic heterocycles. The molecule has 0 bridgehead atoms. The summed E-state index contributed by atoms with van der Waals surface area (Å²) in [5, 5.41) is 11.2. The van der Waals surface area contributed by atoms with E-state index < -0.39 is 0 Å². The summed E-state index contributed by atoms with van der Waals surface area (Å²) in [6, 6.07) is 14.9. The smallest absolute Gasteiger partial charge is 0.336 e. The van der Waals surface area contributed by atoms with Gasteiger partial charge in [-0.25, -0.2) is 4.79 Å². The minimum Gasteiger partial charge on any atom is -0.423 e. The summed E-state index contributed by atoms with van der Waals surface area (Å²) in [7, 11) is 0. The van der Waals surface area contributed by atoms with Crippen LogP contribution < -0.4 is 5.63 Å². The summed E-state index contributed by atoms with van der Waals surface area (Å²) >= 11 is 1.65. The van der Waals surface area contributed by atoms with Gasteiger partial charge < -0.3 is 4.42 Å². The molecular formula is C29H33N3O2S. The summed E-state index contributed by atoms with van der Waals surface area (Å²) in [4.78, 5) is 12.3. The van der Waals surface area contributed by atoms with Gasteiger partial charge in [-0.15, -0.1) is 10.2 Å². The minimum absolute atomic E-state index is 0.112. The van der Waals surface area contributed by atoms with Crippen LogP contribution in [0.15, 0.2) is 56.8 Å². The van der Waals surface area contributed by atoms with Crippen molar-refractivity contribution in [2.45, 2.75) is 82.7 Å². The Morgan fingerprint density at radius 2 is 1.69 bits per heavy atom. The molecule has 0 unspecified atom stereocenters. The van der Waals surface area contributed by atoms with Gasteiger partial charge in [0.1, 0.15) is 5.58 Å². The molecule has 4 aromatic rings. The lowest BCUT2D eigenvalue weighted by Gasteiger charge is -2.20. The number of nitrogens with zero attached hydrogens (tertiary/aromatic N) is 3. The largest absolute Gasteiger partial charge is 0.423 e. The lowest BCUT2D eigenvalue weighted by Crippen LogP contribution is -2.11. The molecule has 0 amide bonds. The summed E-state index contributed by atoms with van der Waals surface area (Å²) in [5.41, 5.74) is 6.13. The van der Waals surface area contributed by atoms with Gasteiger partial charge in [0.15, 0.2) is 11.0 Å². The van der Waals surface area contributed by atoms with Crippen molar-refractivity contribution >= 4 is 22.7 Å². The third-order valence-corrected chi connectivity index (χ3v) is 8.16. The highest BCUT2D eigenvalue weighted by Crippen LogP contribution is 2.38. The third kappa shape index (κ3) is 4.81. The fraction of sp³-hybridized carbons (Fsp3) is 0.414. The second-order valence-corrected chi connectivity index (χ2v) is 11.7. The zero-order valence-electron chi connectivity index (χ0n) is 21.2. The van der Waals surface area contributed by atoms with Crippen molar-refractivity contribution in [1.29, 1.82) is 0 Å². The Labute approximate surface area is 211 Å². The van der Waals surface area contributed by atoms with Gasteiger partial charge >= 0.3 is 5.63 Å². The highest BCUT2D eigenvalue weighted by molar-refractivity contribution is 7.98. The van der Waals surface area contributed by atoms with E-state index in [9.17, 15) is 4.79 Å². The maximum Gasteiger partial charge on any atom is 0.336 e. The molecule has 1 aliphatic carbocycles. The Hall–Kier alpha value is -2.86. The van der Waals surface area contributed by atoms with Gasteiger partial charge in [-0.3, -0.25) is 4.57 Å². The Kier molecular flexibility index (Phi) is 6.34. The average molecular weight is 488 g/mol. The van der Waals surface area contributed by atoms with Gasteiger partial charge in [-0.05, 0) is 66.5 Å². The number of hydrogen-bond donors (Lipinski definition) is 0. The lowest BCUT2D eigenvalue weighted by molar-refractivity contribution is 0.485. The van der Waals surface area contributed by atoms with Crippen LogP contribution in [-0.4, -0.2) is 14.8 Å². The van der Waals surface area contributed by atoms with Crippen molar-refractivity contribution in [2.75, 3.05) is 0 Å². The first-order chi connectivity index (χ1) is 16.7. The maximum absolute atomic E-state index is 12.3. The number of benzene rings is 2. The van der Waals surface area contributed by atoms with Crippen LogP contribution >= 0.6 is 11.8 Å². The van der Waals surface area contributed by atoms with E-state index in [2.05, 4.69) is 72.8 Å². The molecule has 0 aliphatic heterocycles. The van der Waals surface area contributed by atoms with Crippen molar-refractivity contribution in [3.63, 3.8) is 0 Å². The average Bonchev–Trinajstić information content (AvgIpc) is 3.48. The lowest BCUT2D eigenvalue weighted by atomic mass is 9.86. The first-order valence-corrected chi connectivity index (χ1v) is 13.4. The topological polar surface area (TPSA) is 60.9 Å². The van der Waals surface area contributed by atoms with E-state index in [0.717, 1.165) is 45.9 Å². The minimum atomic E-state index is -0.312. The molecule has 2 heterocycles. The Morgan fingerprint density at radius 1 is 1.00 bits per heavy atom. The molecule has 1 saturated carbocycles. The van der Waals surface area contributed by atoms with Crippen LogP contribution in [0.4, 0.5) is 0 Å². The summed E-state index contributed by atoms with van der Waals surface area (Å²) < 4.78 is 7.83. The Bertz CT molecular complexity index is 1420. The van der Waals surface area contributed by atoms with E-state index in [-0.39, 0.29) is 11.0 Å². The van der Waals surface area contributed by atoms with Gasteiger partial charge in [-0.1, -0.05) is 69.6 Å². The Morgan fingerprint density at radius 3 is 2.37 bits per heavy atom. The van der Waals surface area contributed by atoms with Crippen molar-refractivity contribution in [1.82, 2.24) is 14.8 Å². The number of rotatable bonds is 5. The van der Waals surface area contributed by atoms with E-state index in [0.29, 0.717) is 17.4 Å². The third-order valence-electron chi connectivity index (χ3n) is 7.16. The number of fused-ring (bicyclic) bond motifs is 1. The van der Waals surface area contributed by atoms with Crippen LogP contribution in [0.3, 0.4) is 0 Å². The van der Waals surface area contributed by atoms with E-state index in [4.69, 9.17) is 4.42 Å². The van der Waals surface area contributed by atoms with Crippen molar-refractivity contribution in [3.8, 4) is 11.4 Å². The molecule has 2 aromatic carbocycles. The van der Waals surface area contributed by atoms with Gasteiger partial charge in [0.25, 0.3) is 0 Å². The molecule has 35 heavy (non-hydrogen) atoms. The highest BCUT2D eigenvalue weighted by atomic mass is 32.2.